The van der Waals surface area contributed by atoms with Crippen molar-refractivity contribution >= 4 is 37.8 Å². The molecule has 1 aliphatic heterocycles. The van der Waals surface area contributed by atoms with Crippen LogP contribution in [0.3, 0.4) is 0 Å². The van der Waals surface area contributed by atoms with Crippen molar-refractivity contribution in [1.82, 2.24) is 14.9 Å². The second-order valence-electron chi connectivity index (χ2n) is 12.1. The normalized spacial score (nSPS) is 16.7. The first kappa shape index (κ1) is 30.7. The molecule has 4 bridgehead atoms. The van der Waals surface area contributed by atoms with Crippen molar-refractivity contribution in [3.8, 4) is 17.1 Å². The van der Waals surface area contributed by atoms with Gasteiger partial charge in [-0.3, -0.25) is 4.79 Å². The number of amides is 1. The minimum absolute atomic E-state index is 0.0608. The Morgan fingerprint density at radius 3 is 2.37 bits per heavy atom. The summed E-state index contributed by atoms with van der Waals surface area (Å²) in [5.41, 5.74) is 4.42. The SMILES string of the molecule is Cc1cccc(C)c1-c1cc2nc(n1)NS(=O)(=O)c1cccc(c1)C(=O)N(Cc1ccccc1Br)[C@H](CC(C)(C)C)CO2. The second kappa shape index (κ2) is 12.1. The van der Waals surface area contributed by atoms with Crippen LogP contribution >= 0.6 is 15.9 Å². The van der Waals surface area contributed by atoms with Crippen LogP contribution in [0.1, 0.15) is 54.2 Å². The molecule has 8 nitrogen and oxygen atoms in total. The van der Waals surface area contributed by atoms with E-state index < -0.39 is 10.0 Å². The summed E-state index contributed by atoms with van der Waals surface area (Å²) in [6.07, 6.45) is 0.626. The van der Waals surface area contributed by atoms with Crippen LogP contribution in [0.4, 0.5) is 5.95 Å². The predicted octanol–water partition coefficient (Wildman–Crippen LogP) is 7.16. The standard InChI is InChI=1S/C33H35BrN4O4S/c1-21-10-8-11-22(2)30(21)28-17-29-36-32(35-28)37-43(40,41)26-14-9-13-23(16-26)31(39)38(19-24-12-6-7-15-27(24)34)25(20-42-29)18-33(3,4)5/h6-17,25H,18-20H2,1-5H3,(H,35,36,37)/t25-/m1/s1. The third-order valence-electron chi connectivity index (χ3n) is 7.33. The molecule has 0 aliphatic carbocycles. The molecule has 2 heterocycles. The van der Waals surface area contributed by atoms with Crippen molar-refractivity contribution in [3.63, 3.8) is 0 Å². The minimum atomic E-state index is -4.14. The topological polar surface area (TPSA) is 101 Å². The number of halogens is 1. The third kappa shape index (κ3) is 7.08. The van der Waals surface area contributed by atoms with E-state index in [-0.39, 0.29) is 46.3 Å². The first-order chi connectivity index (χ1) is 20.3. The van der Waals surface area contributed by atoms with Crippen LogP contribution < -0.4 is 9.46 Å². The molecule has 10 heteroatoms. The molecular weight excluding hydrogens is 628 g/mol. The number of carbonyl (C=O) groups excluding carboxylic acids is 1. The summed E-state index contributed by atoms with van der Waals surface area (Å²) >= 11 is 3.63. The summed E-state index contributed by atoms with van der Waals surface area (Å²) < 4.78 is 36.9. The third-order valence-corrected chi connectivity index (χ3v) is 9.43. The van der Waals surface area contributed by atoms with Crippen LogP contribution in [-0.2, 0) is 16.6 Å². The highest BCUT2D eigenvalue weighted by Crippen LogP contribution is 2.32. The van der Waals surface area contributed by atoms with Gasteiger partial charge in [0.25, 0.3) is 15.9 Å². The molecule has 5 rings (SSSR count). The highest BCUT2D eigenvalue weighted by Gasteiger charge is 2.31. The molecule has 4 aromatic rings. The molecule has 0 fully saturated rings. The van der Waals surface area contributed by atoms with Crippen molar-refractivity contribution in [2.45, 2.75) is 58.5 Å². The Kier molecular flexibility index (Phi) is 8.63. The molecule has 0 unspecified atom stereocenters. The number of ether oxygens (including phenoxy) is 1. The number of rotatable bonds is 4. The Morgan fingerprint density at radius 1 is 0.977 bits per heavy atom. The second-order valence-corrected chi connectivity index (χ2v) is 14.6. The number of aryl methyl sites for hydroxylation is 2. The van der Waals surface area contributed by atoms with E-state index in [4.69, 9.17) is 4.74 Å². The van der Waals surface area contributed by atoms with Crippen molar-refractivity contribution < 1.29 is 17.9 Å². The number of fused-ring (bicyclic) bond motifs is 4. The van der Waals surface area contributed by atoms with Gasteiger partial charge in [-0.1, -0.05) is 79.2 Å². The van der Waals surface area contributed by atoms with Crippen LogP contribution in [-0.4, -0.2) is 41.8 Å². The summed E-state index contributed by atoms with van der Waals surface area (Å²) in [5.74, 6) is -0.189. The van der Waals surface area contributed by atoms with Gasteiger partial charge in [-0.15, -0.1) is 0 Å². The van der Waals surface area contributed by atoms with Crippen LogP contribution in [0.5, 0.6) is 5.88 Å². The van der Waals surface area contributed by atoms with E-state index in [1.165, 1.54) is 12.1 Å². The molecule has 0 spiro atoms. The van der Waals surface area contributed by atoms with E-state index >= 15 is 0 Å². The largest absolute Gasteiger partial charge is 0.475 e. The summed E-state index contributed by atoms with van der Waals surface area (Å²) in [5, 5.41) is 0. The maximum absolute atomic E-state index is 14.2. The van der Waals surface area contributed by atoms with Crippen molar-refractivity contribution in [3.05, 3.63) is 99.5 Å². The fourth-order valence-electron chi connectivity index (χ4n) is 5.36. The number of aromatic nitrogens is 2. The van der Waals surface area contributed by atoms with Gasteiger partial charge in [0.05, 0.1) is 16.6 Å². The van der Waals surface area contributed by atoms with Gasteiger partial charge in [0.2, 0.25) is 11.8 Å². The number of nitrogens with zero attached hydrogens (tertiary/aromatic N) is 3. The van der Waals surface area contributed by atoms with Crippen molar-refractivity contribution in [1.29, 1.82) is 0 Å². The van der Waals surface area contributed by atoms with Gasteiger partial charge < -0.3 is 9.64 Å². The number of nitrogens with one attached hydrogen (secondary N) is 1. The first-order valence-electron chi connectivity index (χ1n) is 14.1. The number of carbonyl (C=O) groups is 1. The predicted molar refractivity (Wildman–Crippen MR) is 172 cm³/mol. The van der Waals surface area contributed by atoms with Gasteiger partial charge >= 0.3 is 0 Å². The fraction of sp³-hybridized carbons (Fsp3) is 0.303. The zero-order chi connectivity index (χ0) is 30.9. The lowest BCUT2D eigenvalue weighted by molar-refractivity contribution is 0.0512. The number of hydrogen-bond acceptors (Lipinski definition) is 6. The molecule has 224 valence electrons. The maximum Gasteiger partial charge on any atom is 0.264 e. The zero-order valence-corrected chi connectivity index (χ0v) is 27.3. The lowest BCUT2D eigenvalue weighted by Gasteiger charge is -2.36. The number of anilines is 1. The Balaban J connectivity index is 1.69. The highest BCUT2D eigenvalue weighted by atomic mass is 79.9. The van der Waals surface area contributed by atoms with Crippen molar-refractivity contribution in [2.75, 3.05) is 11.3 Å². The molecule has 1 aromatic heterocycles. The van der Waals surface area contributed by atoms with E-state index in [0.29, 0.717) is 18.7 Å². The van der Waals surface area contributed by atoms with Crippen molar-refractivity contribution in [2.24, 2.45) is 5.41 Å². The molecule has 1 N–H and O–H groups in total. The Morgan fingerprint density at radius 2 is 1.67 bits per heavy atom. The smallest absolute Gasteiger partial charge is 0.264 e. The quantitative estimate of drug-likeness (QED) is 0.249. The zero-order valence-electron chi connectivity index (χ0n) is 24.9. The lowest BCUT2D eigenvalue weighted by atomic mass is 9.87. The summed E-state index contributed by atoms with van der Waals surface area (Å²) in [4.78, 5) is 25.0. The monoisotopic (exact) mass is 662 g/mol. The molecular formula is C33H35BrN4O4S. The molecule has 43 heavy (non-hydrogen) atoms. The van der Waals surface area contributed by atoms with Gasteiger partial charge in [-0.25, -0.2) is 18.1 Å². The molecule has 0 saturated carbocycles. The van der Waals surface area contributed by atoms with Gasteiger partial charge in [-0.2, -0.15) is 4.98 Å². The molecule has 1 amide bonds. The summed E-state index contributed by atoms with van der Waals surface area (Å²) in [6.45, 7) is 10.8. The number of benzene rings is 3. The molecule has 0 saturated heterocycles. The first-order valence-corrected chi connectivity index (χ1v) is 16.3. The minimum Gasteiger partial charge on any atom is -0.475 e. The van der Waals surface area contributed by atoms with E-state index in [1.807, 2.05) is 56.3 Å². The fourth-order valence-corrected chi connectivity index (χ4v) is 6.76. The van der Waals surface area contributed by atoms with Gasteiger partial charge in [0, 0.05) is 28.2 Å². The van der Waals surface area contributed by atoms with E-state index in [9.17, 15) is 13.2 Å². The number of sulfonamides is 1. The Labute approximate surface area is 261 Å². The lowest BCUT2D eigenvalue weighted by Crippen LogP contribution is -2.45. The average Bonchev–Trinajstić information content (AvgIpc) is 2.93. The average molecular weight is 664 g/mol. The molecule has 1 atom stereocenters. The molecule has 3 aromatic carbocycles. The number of hydrogen-bond donors (Lipinski definition) is 1. The van der Waals surface area contributed by atoms with E-state index in [1.54, 1.807) is 23.1 Å². The van der Waals surface area contributed by atoms with E-state index in [0.717, 1.165) is 26.7 Å². The van der Waals surface area contributed by atoms with Crippen LogP contribution in [0, 0.1) is 19.3 Å². The molecule has 0 radical (unpaired) electrons. The van der Waals surface area contributed by atoms with Crippen LogP contribution in [0.15, 0.2) is 82.2 Å². The maximum atomic E-state index is 14.2. The van der Waals surface area contributed by atoms with Crippen LogP contribution in [0.2, 0.25) is 0 Å². The molecule has 1 aliphatic rings. The Hall–Kier alpha value is -3.76. The van der Waals surface area contributed by atoms with Gasteiger partial charge in [0.15, 0.2) is 0 Å². The Bertz CT molecular complexity index is 1770. The highest BCUT2D eigenvalue weighted by molar-refractivity contribution is 9.10. The van der Waals surface area contributed by atoms with Crippen LogP contribution in [0.25, 0.3) is 11.3 Å². The van der Waals surface area contributed by atoms with E-state index in [2.05, 4.69) is 51.4 Å². The van der Waals surface area contributed by atoms with Gasteiger partial charge in [-0.05, 0) is 66.6 Å². The van der Waals surface area contributed by atoms with Gasteiger partial charge in [0.1, 0.15) is 6.61 Å². The summed E-state index contributed by atoms with van der Waals surface area (Å²) in [7, 11) is -4.14. The summed E-state index contributed by atoms with van der Waals surface area (Å²) in [6, 6.07) is 21.1.